The van der Waals surface area contributed by atoms with Crippen molar-refractivity contribution in [1.29, 1.82) is 0 Å². The molecule has 0 saturated heterocycles. The topological polar surface area (TPSA) is 63.8 Å². The Labute approximate surface area is 114 Å². The van der Waals surface area contributed by atoms with Crippen LogP contribution in [0.15, 0.2) is 12.3 Å². The Morgan fingerprint density at radius 1 is 1.33 bits per heavy atom. The molecule has 0 aliphatic carbocycles. The molecule has 0 aromatic carbocycles. The van der Waals surface area contributed by atoms with Crippen molar-refractivity contribution in [2.45, 2.75) is 27.7 Å². The van der Waals surface area contributed by atoms with Gasteiger partial charge >= 0.3 is 0 Å². The van der Waals surface area contributed by atoms with Gasteiger partial charge in [0.2, 0.25) is 5.95 Å². The fourth-order valence-corrected chi connectivity index (χ4v) is 2.15. The van der Waals surface area contributed by atoms with Crippen molar-refractivity contribution in [1.82, 2.24) is 9.97 Å². The molecule has 1 rings (SSSR count). The number of hydrogen-bond acceptors (Lipinski definition) is 4. The summed E-state index contributed by atoms with van der Waals surface area (Å²) < 4.78 is 0. The Morgan fingerprint density at radius 3 is 2.44 bits per heavy atom. The monoisotopic (exact) mass is 266 g/mol. The lowest BCUT2D eigenvalue weighted by Crippen LogP contribution is -2.25. The minimum absolute atomic E-state index is 0.296. The largest absolute Gasteiger partial charge is 0.388 e. The van der Waals surface area contributed by atoms with E-state index in [9.17, 15) is 0 Å². The van der Waals surface area contributed by atoms with Crippen molar-refractivity contribution < 1.29 is 0 Å². The number of nitrogens with zero attached hydrogens (tertiary/aromatic N) is 2. The highest BCUT2D eigenvalue weighted by Crippen LogP contribution is 2.20. The average Bonchev–Trinajstić information content (AvgIpc) is 2.28. The Hall–Kier alpha value is -1.23. The van der Waals surface area contributed by atoms with E-state index in [1.54, 1.807) is 12.3 Å². The Bertz CT molecular complexity index is 396. The first-order valence-electron chi connectivity index (χ1n) is 6.28. The molecule has 0 amide bonds. The molecule has 0 spiro atoms. The summed E-state index contributed by atoms with van der Waals surface area (Å²) in [5.74, 6) is 2.42. The second-order valence-electron chi connectivity index (χ2n) is 5.16. The van der Waals surface area contributed by atoms with Gasteiger partial charge in [-0.05, 0) is 23.8 Å². The fourth-order valence-electron chi connectivity index (χ4n) is 2.03. The summed E-state index contributed by atoms with van der Waals surface area (Å²) >= 11 is 4.90. The van der Waals surface area contributed by atoms with Crippen LogP contribution in [0, 0.1) is 17.8 Å². The number of nitrogens with two attached hydrogens (primary N) is 1. The van der Waals surface area contributed by atoms with Crippen molar-refractivity contribution in [2.75, 3.05) is 11.9 Å². The molecule has 4 nitrogen and oxygen atoms in total. The smallest absolute Gasteiger partial charge is 0.223 e. The number of nitrogens with one attached hydrogen (secondary N) is 1. The number of anilines is 1. The van der Waals surface area contributed by atoms with Crippen molar-refractivity contribution in [3.05, 3.63) is 18.0 Å². The number of rotatable bonds is 6. The van der Waals surface area contributed by atoms with Crippen molar-refractivity contribution in [2.24, 2.45) is 23.5 Å². The molecule has 0 saturated carbocycles. The van der Waals surface area contributed by atoms with Crippen molar-refractivity contribution in [3.63, 3.8) is 0 Å². The van der Waals surface area contributed by atoms with E-state index < -0.39 is 0 Å². The van der Waals surface area contributed by atoms with Crippen molar-refractivity contribution in [3.8, 4) is 0 Å². The van der Waals surface area contributed by atoms with Gasteiger partial charge in [-0.1, -0.05) is 39.9 Å². The first-order valence-corrected chi connectivity index (χ1v) is 6.69. The Balaban J connectivity index is 2.67. The van der Waals surface area contributed by atoms with E-state index >= 15 is 0 Å². The van der Waals surface area contributed by atoms with E-state index in [-0.39, 0.29) is 0 Å². The molecule has 5 heteroatoms. The highest BCUT2D eigenvalue weighted by molar-refractivity contribution is 7.80. The highest BCUT2D eigenvalue weighted by Gasteiger charge is 2.17. The first-order chi connectivity index (χ1) is 8.41. The maximum absolute atomic E-state index is 5.55. The Morgan fingerprint density at radius 2 is 1.94 bits per heavy atom. The molecule has 1 aromatic heterocycles. The second kappa shape index (κ2) is 6.64. The summed E-state index contributed by atoms with van der Waals surface area (Å²) in [6.07, 6.45) is 1.67. The van der Waals surface area contributed by atoms with Gasteiger partial charge in [-0.3, -0.25) is 0 Å². The third-order valence-electron chi connectivity index (χ3n) is 3.12. The molecule has 0 atom stereocenters. The molecular formula is C13H22N4S. The third-order valence-corrected chi connectivity index (χ3v) is 3.33. The maximum atomic E-state index is 5.55. The lowest BCUT2D eigenvalue weighted by molar-refractivity contribution is 0.304. The van der Waals surface area contributed by atoms with Gasteiger partial charge in [0.25, 0.3) is 0 Å². The van der Waals surface area contributed by atoms with Gasteiger partial charge in [0.1, 0.15) is 10.7 Å². The van der Waals surface area contributed by atoms with E-state index in [1.165, 1.54) is 0 Å². The summed E-state index contributed by atoms with van der Waals surface area (Å²) in [6, 6.07) is 1.72. The average molecular weight is 266 g/mol. The quantitative estimate of drug-likeness (QED) is 0.774. The standard InChI is InChI=1S/C13H22N4S/c1-8(2)10(9(3)4)7-16-13-15-6-5-11(17-13)12(14)18/h5-6,8-10H,7H2,1-4H3,(H2,14,18)(H,15,16,17). The molecule has 1 heterocycles. The molecule has 1 aromatic rings. The van der Waals surface area contributed by atoms with Gasteiger partial charge in [0.05, 0.1) is 0 Å². The predicted molar refractivity (Wildman–Crippen MR) is 79.6 cm³/mol. The van der Waals surface area contributed by atoms with Gasteiger partial charge in [-0.15, -0.1) is 0 Å². The van der Waals surface area contributed by atoms with Crippen LogP contribution in [0.3, 0.4) is 0 Å². The third kappa shape index (κ3) is 4.22. The van der Waals surface area contributed by atoms with Gasteiger partial charge in [0.15, 0.2) is 0 Å². The lowest BCUT2D eigenvalue weighted by Gasteiger charge is -2.25. The molecule has 100 valence electrons. The Kier molecular flexibility index (Phi) is 5.47. The van der Waals surface area contributed by atoms with Crippen LogP contribution in [0.4, 0.5) is 5.95 Å². The van der Waals surface area contributed by atoms with Crippen LogP contribution >= 0.6 is 12.2 Å². The van der Waals surface area contributed by atoms with Gasteiger partial charge in [-0.2, -0.15) is 0 Å². The molecule has 0 bridgehead atoms. The van der Waals surface area contributed by atoms with Crippen molar-refractivity contribution >= 4 is 23.2 Å². The van der Waals surface area contributed by atoms with E-state index in [1.807, 2.05) is 0 Å². The zero-order chi connectivity index (χ0) is 13.7. The van der Waals surface area contributed by atoms with E-state index in [2.05, 4.69) is 43.0 Å². The summed E-state index contributed by atoms with van der Waals surface area (Å²) in [7, 11) is 0. The normalized spacial score (nSPS) is 11.3. The minimum Gasteiger partial charge on any atom is -0.388 e. The molecule has 0 radical (unpaired) electrons. The van der Waals surface area contributed by atoms with Crippen LogP contribution in [-0.2, 0) is 0 Å². The highest BCUT2D eigenvalue weighted by atomic mass is 32.1. The molecule has 0 aliphatic heterocycles. The number of aromatic nitrogens is 2. The summed E-state index contributed by atoms with van der Waals surface area (Å²) in [5, 5.41) is 3.27. The summed E-state index contributed by atoms with van der Waals surface area (Å²) in [6.45, 7) is 9.80. The molecule has 0 aliphatic rings. The molecule has 0 unspecified atom stereocenters. The first kappa shape index (κ1) is 14.8. The fraction of sp³-hybridized carbons (Fsp3) is 0.615. The van der Waals surface area contributed by atoms with E-state index in [4.69, 9.17) is 18.0 Å². The van der Waals surface area contributed by atoms with E-state index in [0.29, 0.717) is 34.4 Å². The van der Waals surface area contributed by atoms with Crippen LogP contribution in [-0.4, -0.2) is 21.5 Å². The minimum atomic E-state index is 0.296. The maximum Gasteiger partial charge on any atom is 0.223 e. The second-order valence-corrected chi connectivity index (χ2v) is 5.60. The van der Waals surface area contributed by atoms with Crippen LogP contribution < -0.4 is 11.1 Å². The lowest BCUT2D eigenvalue weighted by atomic mass is 9.85. The molecule has 3 N–H and O–H groups in total. The summed E-state index contributed by atoms with van der Waals surface area (Å²) in [4.78, 5) is 8.75. The van der Waals surface area contributed by atoms with Crippen LogP contribution in [0.25, 0.3) is 0 Å². The van der Waals surface area contributed by atoms with Crippen LogP contribution in [0.2, 0.25) is 0 Å². The summed E-state index contributed by atoms with van der Waals surface area (Å²) in [5.41, 5.74) is 6.15. The zero-order valence-electron chi connectivity index (χ0n) is 11.5. The molecule has 18 heavy (non-hydrogen) atoms. The SMILES string of the molecule is CC(C)C(CNc1nccc(C(N)=S)n1)C(C)C. The van der Waals surface area contributed by atoms with Crippen LogP contribution in [0.5, 0.6) is 0 Å². The molecular weight excluding hydrogens is 244 g/mol. The molecule has 0 fully saturated rings. The van der Waals surface area contributed by atoms with Gasteiger partial charge in [-0.25, -0.2) is 9.97 Å². The van der Waals surface area contributed by atoms with Gasteiger partial charge in [0, 0.05) is 12.7 Å². The number of thiocarbonyl (C=S) groups is 1. The van der Waals surface area contributed by atoms with Gasteiger partial charge < -0.3 is 11.1 Å². The van der Waals surface area contributed by atoms with Crippen LogP contribution in [0.1, 0.15) is 33.4 Å². The predicted octanol–water partition coefficient (Wildman–Crippen LogP) is 2.45. The zero-order valence-corrected chi connectivity index (χ0v) is 12.3. The number of hydrogen-bond donors (Lipinski definition) is 2. The van der Waals surface area contributed by atoms with E-state index in [0.717, 1.165) is 6.54 Å².